The van der Waals surface area contributed by atoms with Crippen LogP contribution in [0.4, 0.5) is 14.5 Å². The molecule has 0 aliphatic heterocycles. The van der Waals surface area contributed by atoms with E-state index in [2.05, 4.69) is 0 Å². The summed E-state index contributed by atoms with van der Waals surface area (Å²) in [4.78, 5) is 0. The van der Waals surface area contributed by atoms with Crippen LogP contribution in [0, 0.1) is 17.2 Å². The van der Waals surface area contributed by atoms with Crippen molar-refractivity contribution in [3.8, 4) is 17.5 Å². The maximum atomic E-state index is 15.8. The molecule has 0 aliphatic carbocycles. The van der Waals surface area contributed by atoms with Gasteiger partial charge in [0.2, 0.25) is 0 Å². The number of hydrogen-bond acceptors (Lipinski definition) is 5. The van der Waals surface area contributed by atoms with Crippen LogP contribution in [0.1, 0.15) is 30.5 Å². The summed E-state index contributed by atoms with van der Waals surface area (Å²) >= 11 is -2.51. The van der Waals surface area contributed by atoms with Gasteiger partial charge in [-0.05, 0) is 48.4 Å². The van der Waals surface area contributed by atoms with Gasteiger partial charge in [-0.3, -0.25) is 4.55 Å². The first-order chi connectivity index (χ1) is 17.6. The molecule has 0 radical (unpaired) electrons. The summed E-state index contributed by atoms with van der Waals surface area (Å²) in [6.07, 6.45) is 1.75. The van der Waals surface area contributed by atoms with Crippen molar-refractivity contribution in [2.45, 2.75) is 19.8 Å². The Kier molecular flexibility index (Phi) is 7.59. The molecular weight excluding hydrogens is 500 g/mol. The Bertz CT molecular complexity index is 1500. The van der Waals surface area contributed by atoms with Crippen molar-refractivity contribution >= 4 is 28.0 Å². The number of benzene rings is 3. The molecule has 0 saturated carbocycles. The average Bonchev–Trinajstić information content (AvgIpc) is 3.30. The SMILES string of the molecule is CC(C)COc1cc(-n2ccc3ccc(N(C)OS(=O)O)cc32)cc(C(F)(F)c2cccc(C#N)c2)c1. The second-order valence-electron chi connectivity index (χ2n) is 8.91. The lowest BCUT2D eigenvalue weighted by molar-refractivity contribution is 0.0425. The lowest BCUT2D eigenvalue weighted by Crippen LogP contribution is -2.18. The number of fused-ring (bicyclic) bond motifs is 1. The second-order valence-corrected chi connectivity index (χ2v) is 9.49. The van der Waals surface area contributed by atoms with E-state index in [4.69, 9.17) is 13.6 Å². The van der Waals surface area contributed by atoms with Crippen molar-refractivity contribution in [1.29, 1.82) is 5.26 Å². The first kappa shape index (κ1) is 26.3. The zero-order valence-electron chi connectivity index (χ0n) is 20.4. The molecule has 0 amide bonds. The van der Waals surface area contributed by atoms with Crippen LogP contribution >= 0.6 is 0 Å². The van der Waals surface area contributed by atoms with Crippen LogP contribution in [-0.4, -0.2) is 27.0 Å². The highest BCUT2D eigenvalue weighted by atomic mass is 32.2. The first-order valence-corrected chi connectivity index (χ1v) is 12.4. The predicted molar refractivity (Wildman–Crippen MR) is 138 cm³/mol. The quantitative estimate of drug-likeness (QED) is 0.207. The predicted octanol–water partition coefficient (Wildman–Crippen LogP) is 6.18. The maximum Gasteiger partial charge on any atom is 0.325 e. The van der Waals surface area contributed by atoms with E-state index in [1.54, 1.807) is 35.0 Å². The second kappa shape index (κ2) is 10.7. The minimum atomic E-state index is -3.40. The summed E-state index contributed by atoms with van der Waals surface area (Å²) in [6.45, 7) is 4.27. The van der Waals surface area contributed by atoms with Crippen molar-refractivity contribution in [2.24, 2.45) is 5.92 Å². The fourth-order valence-electron chi connectivity index (χ4n) is 3.88. The molecule has 4 aromatic rings. The van der Waals surface area contributed by atoms with Gasteiger partial charge in [0.15, 0.2) is 0 Å². The number of nitriles is 1. The number of halogens is 2. The van der Waals surface area contributed by atoms with Gasteiger partial charge in [0.25, 0.3) is 5.92 Å². The van der Waals surface area contributed by atoms with Crippen LogP contribution in [0.25, 0.3) is 16.6 Å². The molecule has 0 fully saturated rings. The highest BCUT2D eigenvalue weighted by Crippen LogP contribution is 2.39. The normalized spacial score (nSPS) is 12.5. The topological polar surface area (TPSA) is 87.7 Å². The molecule has 1 atom stereocenters. The molecule has 0 aliphatic rings. The summed E-state index contributed by atoms with van der Waals surface area (Å²) in [5.41, 5.74) is 1.15. The molecule has 1 N–H and O–H groups in total. The van der Waals surface area contributed by atoms with E-state index in [1.807, 2.05) is 26.0 Å². The Balaban J connectivity index is 1.85. The minimum absolute atomic E-state index is 0.142. The summed E-state index contributed by atoms with van der Waals surface area (Å²) in [5.74, 6) is -2.93. The van der Waals surface area contributed by atoms with Crippen LogP contribution in [0.15, 0.2) is 72.9 Å². The van der Waals surface area contributed by atoms with E-state index in [0.717, 1.165) is 10.4 Å². The van der Waals surface area contributed by atoms with Gasteiger partial charge in [-0.15, -0.1) is 4.28 Å². The van der Waals surface area contributed by atoms with Crippen molar-refractivity contribution < 1.29 is 26.6 Å². The third-order valence-corrected chi connectivity index (χ3v) is 6.04. The molecule has 0 bridgehead atoms. The fourth-order valence-corrected chi connectivity index (χ4v) is 4.15. The van der Waals surface area contributed by atoms with Gasteiger partial charge in [-0.1, -0.05) is 32.0 Å². The Morgan fingerprint density at radius 3 is 2.59 bits per heavy atom. The van der Waals surface area contributed by atoms with Crippen molar-refractivity contribution in [1.82, 2.24) is 4.57 Å². The Morgan fingerprint density at radius 2 is 1.89 bits per heavy atom. The number of nitrogens with zero attached hydrogens (tertiary/aromatic N) is 3. The van der Waals surface area contributed by atoms with E-state index in [0.29, 0.717) is 23.5 Å². The number of hydroxylamine groups is 1. The zero-order chi connectivity index (χ0) is 26.7. The molecule has 1 unspecified atom stereocenters. The maximum absolute atomic E-state index is 15.8. The van der Waals surface area contributed by atoms with Crippen molar-refractivity contribution in [3.05, 3.63) is 89.6 Å². The first-order valence-electron chi connectivity index (χ1n) is 11.4. The third-order valence-electron chi connectivity index (χ3n) is 5.69. The molecule has 0 saturated heterocycles. The lowest BCUT2D eigenvalue weighted by atomic mass is 9.98. The Labute approximate surface area is 215 Å². The Hall–Kier alpha value is -3.78. The third kappa shape index (κ3) is 5.80. The molecule has 192 valence electrons. The summed E-state index contributed by atoms with van der Waals surface area (Å²) in [6, 6.07) is 18.7. The smallest absolute Gasteiger partial charge is 0.325 e. The molecule has 7 nitrogen and oxygen atoms in total. The monoisotopic (exact) mass is 525 g/mol. The highest BCUT2D eigenvalue weighted by molar-refractivity contribution is 7.74. The van der Waals surface area contributed by atoms with Gasteiger partial charge in [0, 0.05) is 41.5 Å². The van der Waals surface area contributed by atoms with Crippen LogP contribution in [0.3, 0.4) is 0 Å². The van der Waals surface area contributed by atoms with Crippen LogP contribution in [-0.2, 0) is 21.6 Å². The molecule has 1 aromatic heterocycles. The largest absolute Gasteiger partial charge is 0.493 e. The van der Waals surface area contributed by atoms with Crippen molar-refractivity contribution in [2.75, 3.05) is 18.7 Å². The number of alkyl halides is 2. The summed E-state index contributed by atoms with van der Waals surface area (Å²) < 4.78 is 64.0. The number of anilines is 1. The summed E-state index contributed by atoms with van der Waals surface area (Å²) in [7, 11) is 1.48. The molecule has 3 aromatic carbocycles. The highest BCUT2D eigenvalue weighted by Gasteiger charge is 2.35. The molecule has 10 heteroatoms. The minimum Gasteiger partial charge on any atom is -0.493 e. The number of ether oxygens (including phenoxy) is 1. The van der Waals surface area contributed by atoms with E-state index < -0.39 is 17.3 Å². The molecule has 37 heavy (non-hydrogen) atoms. The number of hydrogen-bond donors (Lipinski definition) is 1. The number of rotatable bonds is 9. The molecule has 4 rings (SSSR count). The van der Waals surface area contributed by atoms with Crippen LogP contribution < -0.4 is 9.80 Å². The van der Waals surface area contributed by atoms with Gasteiger partial charge in [0.1, 0.15) is 5.75 Å². The molecule has 0 spiro atoms. The Morgan fingerprint density at radius 1 is 1.11 bits per heavy atom. The van der Waals surface area contributed by atoms with Gasteiger partial charge in [-0.25, -0.2) is 5.06 Å². The van der Waals surface area contributed by atoms with E-state index in [9.17, 15) is 9.47 Å². The van der Waals surface area contributed by atoms with Crippen molar-refractivity contribution in [3.63, 3.8) is 0 Å². The van der Waals surface area contributed by atoms with Gasteiger partial charge >= 0.3 is 11.4 Å². The van der Waals surface area contributed by atoms with E-state index in [1.165, 1.54) is 43.4 Å². The zero-order valence-corrected chi connectivity index (χ0v) is 21.2. The average molecular weight is 526 g/mol. The lowest BCUT2D eigenvalue weighted by Gasteiger charge is -2.21. The molecular formula is C27H25F2N3O4S. The number of aromatic nitrogens is 1. The van der Waals surface area contributed by atoms with Gasteiger partial charge in [0.05, 0.1) is 29.4 Å². The standard InChI is InChI=1S/C27H25F2N3O4S/c1-18(2)17-35-25-13-22(27(28,29)21-6-4-5-19(11-21)16-30)12-24(14-25)32-10-9-20-7-8-23(15-26(20)32)31(3)36-37(33)34/h4-15,18H,17H2,1-3H3,(H,33,34). The van der Waals surface area contributed by atoms with Gasteiger partial charge in [-0.2, -0.15) is 18.3 Å². The van der Waals surface area contributed by atoms with Crippen LogP contribution in [0.2, 0.25) is 0 Å². The van der Waals surface area contributed by atoms with E-state index in [-0.39, 0.29) is 28.4 Å². The summed E-state index contributed by atoms with van der Waals surface area (Å²) in [5, 5.41) is 11.2. The van der Waals surface area contributed by atoms with Gasteiger partial charge < -0.3 is 9.30 Å². The van der Waals surface area contributed by atoms with Crippen LogP contribution in [0.5, 0.6) is 5.75 Å². The molecule has 1 heterocycles. The van der Waals surface area contributed by atoms with E-state index >= 15 is 8.78 Å². The fraction of sp³-hybridized carbons (Fsp3) is 0.222.